The number of aromatic amines is 1. The molecule has 2 saturated heterocycles. The zero-order valence-corrected chi connectivity index (χ0v) is 21.9. The summed E-state index contributed by atoms with van der Waals surface area (Å²) < 4.78 is 0. The molecule has 5 heteroatoms. The van der Waals surface area contributed by atoms with E-state index >= 15 is 0 Å². The van der Waals surface area contributed by atoms with Crippen LogP contribution < -0.4 is 0 Å². The van der Waals surface area contributed by atoms with Crippen molar-refractivity contribution in [3.63, 3.8) is 0 Å². The topological polar surface area (TPSA) is 52.2 Å². The van der Waals surface area contributed by atoms with E-state index in [1.165, 1.54) is 52.5 Å². The van der Waals surface area contributed by atoms with E-state index in [9.17, 15) is 4.79 Å². The van der Waals surface area contributed by atoms with Gasteiger partial charge in [-0.3, -0.25) is 14.7 Å². The molecule has 2 fully saturated rings. The molecule has 0 radical (unpaired) electrons. The molecule has 1 amide bonds. The lowest BCUT2D eigenvalue weighted by atomic mass is 9.87. The van der Waals surface area contributed by atoms with E-state index in [1.54, 1.807) is 0 Å². The normalized spacial score (nSPS) is 18.0. The molecule has 2 aromatic heterocycles. The number of hydrogen-bond acceptors (Lipinski definition) is 3. The van der Waals surface area contributed by atoms with E-state index in [2.05, 4.69) is 77.8 Å². The van der Waals surface area contributed by atoms with Crippen LogP contribution in [0, 0.1) is 13.8 Å². The van der Waals surface area contributed by atoms with Gasteiger partial charge in [0.1, 0.15) is 0 Å². The first kappa shape index (κ1) is 24.1. The lowest BCUT2D eigenvalue weighted by Gasteiger charge is -2.34. The molecule has 2 aliphatic heterocycles. The number of pyridine rings is 1. The van der Waals surface area contributed by atoms with Gasteiger partial charge in [-0.15, -0.1) is 0 Å². The number of nitrogens with one attached hydrogen (secondary N) is 1. The van der Waals surface area contributed by atoms with E-state index in [0.717, 1.165) is 50.4 Å². The van der Waals surface area contributed by atoms with Crippen LogP contribution in [0.5, 0.6) is 0 Å². The summed E-state index contributed by atoms with van der Waals surface area (Å²) in [5.41, 5.74) is 8.55. The average Bonchev–Trinajstić information content (AvgIpc) is 3.23. The highest BCUT2D eigenvalue weighted by Gasteiger charge is 2.26. The Bertz CT molecular complexity index is 1180. The second-order valence-corrected chi connectivity index (χ2v) is 11.0. The fraction of sp³-hybridized carbons (Fsp3) is 0.533. The zero-order valence-electron chi connectivity index (χ0n) is 21.9. The van der Waals surface area contributed by atoms with Crippen molar-refractivity contribution in [3.8, 4) is 11.3 Å². The third-order valence-corrected chi connectivity index (χ3v) is 7.94. The van der Waals surface area contributed by atoms with Gasteiger partial charge >= 0.3 is 0 Å². The monoisotopic (exact) mass is 472 g/mol. The van der Waals surface area contributed by atoms with Gasteiger partial charge in [0.25, 0.3) is 0 Å². The first-order valence-corrected chi connectivity index (χ1v) is 13.5. The van der Waals surface area contributed by atoms with Crippen molar-refractivity contribution in [2.24, 2.45) is 0 Å². The average molecular weight is 473 g/mol. The quantitative estimate of drug-likeness (QED) is 0.484. The fourth-order valence-electron chi connectivity index (χ4n) is 6.16. The van der Waals surface area contributed by atoms with Gasteiger partial charge < -0.3 is 9.88 Å². The first-order valence-electron chi connectivity index (χ1n) is 13.5. The number of piperidine rings is 2. The van der Waals surface area contributed by atoms with E-state index in [0.29, 0.717) is 24.3 Å². The van der Waals surface area contributed by atoms with Gasteiger partial charge in [-0.1, -0.05) is 26.3 Å². The van der Waals surface area contributed by atoms with Crippen molar-refractivity contribution in [2.45, 2.75) is 71.6 Å². The minimum atomic E-state index is 0.320. The maximum absolute atomic E-state index is 12.9. The summed E-state index contributed by atoms with van der Waals surface area (Å²) >= 11 is 0. The third-order valence-electron chi connectivity index (χ3n) is 7.94. The highest BCUT2D eigenvalue weighted by Crippen LogP contribution is 2.38. The molecule has 5 nitrogen and oxygen atoms in total. The highest BCUT2D eigenvalue weighted by atomic mass is 16.2. The van der Waals surface area contributed by atoms with Crippen LogP contribution in [0.1, 0.15) is 80.3 Å². The summed E-state index contributed by atoms with van der Waals surface area (Å²) in [5, 5.41) is 1.34. The van der Waals surface area contributed by atoms with E-state index in [1.807, 2.05) is 0 Å². The summed E-state index contributed by atoms with van der Waals surface area (Å²) in [7, 11) is 0. The Balaban J connectivity index is 1.34. The Morgan fingerprint density at radius 3 is 2.34 bits per heavy atom. The lowest BCUT2D eigenvalue weighted by Crippen LogP contribution is -2.45. The Hall–Kier alpha value is -2.66. The predicted molar refractivity (Wildman–Crippen MR) is 144 cm³/mol. The minimum absolute atomic E-state index is 0.320. The lowest BCUT2D eigenvalue weighted by molar-refractivity contribution is -0.133. The Morgan fingerprint density at radius 2 is 1.69 bits per heavy atom. The molecule has 4 heterocycles. The van der Waals surface area contributed by atoms with Crippen LogP contribution in [0.15, 0.2) is 30.3 Å². The zero-order chi connectivity index (χ0) is 24.5. The van der Waals surface area contributed by atoms with Gasteiger partial charge in [0.15, 0.2) is 0 Å². The molecule has 0 spiro atoms. The molecule has 186 valence electrons. The number of carbonyl (C=O) groups is 1. The molecule has 1 N–H and O–H groups in total. The number of nitrogens with zero attached hydrogens (tertiary/aromatic N) is 3. The number of hydrogen-bond donors (Lipinski definition) is 1. The summed E-state index contributed by atoms with van der Waals surface area (Å²) in [4.78, 5) is 25.6. The number of fused-ring (bicyclic) bond motifs is 1. The number of rotatable bonds is 5. The second-order valence-electron chi connectivity index (χ2n) is 11.0. The Labute approximate surface area is 209 Å². The molecule has 2 aliphatic rings. The summed E-state index contributed by atoms with van der Waals surface area (Å²) in [6.07, 6.45) is 5.88. The molecule has 35 heavy (non-hydrogen) atoms. The number of carbonyl (C=O) groups excluding carboxylic acids is 1. The van der Waals surface area contributed by atoms with Gasteiger partial charge in [0, 0.05) is 40.9 Å². The van der Waals surface area contributed by atoms with E-state index < -0.39 is 0 Å². The molecule has 0 aliphatic carbocycles. The predicted octanol–water partition coefficient (Wildman–Crippen LogP) is 6.16. The number of H-pyrrole nitrogens is 1. The summed E-state index contributed by atoms with van der Waals surface area (Å²) in [5.74, 6) is 1.25. The van der Waals surface area contributed by atoms with Crippen LogP contribution in [0.3, 0.4) is 0 Å². The molecule has 5 rings (SSSR count). The van der Waals surface area contributed by atoms with Crippen molar-refractivity contribution in [3.05, 3.63) is 52.8 Å². The van der Waals surface area contributed by atoms with Gasteiger partial charge in [0.05, 0.1) is 12.2 Å². The van der Waals surface area contributed by atoms with Crippen LogP contribution in [0.25, 0.3) is 22.2 Å². The van der Waals surface area contributed by atoms with Gasteiger partial charge in [-0.05, 0) is 99.8 Å². The molecule has 0 bridgehead atoms. The summed E-state index contributed by atoms with van der Waals surface area (Å²) in [6.45, 7) is 13.2. The van der Waals surface area contributed by atoms with Crippen LogP contribution >= 0.6 is 0 Å². The number of aryl methyl sites for hydroxylation is 2. The molecule has 0 unspecified atom stereocenters. The van der Waals surface area contributed by atoms with Gasteiger partial charge in [0.2, 0.25) is 5.91 Å². The van der Waals surface area contributed by atoms with E-state index in [-0.39, 0.29) is 0 Å². The highest BCUT2D eigenvalue weighted by molar-refractivity contribution is 5.92. The van der Waals surface area contributed by atoms with Gasteiger partial charge in [-0.25, -0.2) is 0 Å². The molecule has 1 aromatic carbocycles. The molecular weight excluding hydrogens is 432 g/mol. The van der Waals surface area contributed by atoms with Gasteiger partial charge in [-0.2, -0.15) is 0 Å². The van der Waals surface area contributed by atoms with Crippen molar-refractivity contribution in [1.82, 2.24) is 19.8 Å². The number of aromatic nitrogens is 2. The smallest absolute Gasteiger partial charge is 0.236 e. The van der Waals surface area contributed by atoms with Crippen LogP contribution in [0.4, 0.5) is 0 Å². The Kier molecular flexibility index (Phi) is 6.97. The molecule has 3 aromatic rings. The van der Waals surface area contributed by atoms with Crippen molar-refractivity contribution in [1.29, 1.82) is 0 Å². The van der Waals surface area contributed by atoms with E-state index in [4.69, 9.17) is 0 Å². The standard InChI is InChI=1S/C30H40N4O/c1-20(2)29-26-18-24(8-9-27(26)32-30(29)25-16-21(3)31-22(4)17-25)23-10-14-34(15-11-23)28(35)19-33-12-6-5-7-13-33/h8-9,16-18,20,23,32H,5-7,10-15,19H2,1-4H3. The molecule has 0 saturated carbocycles. The Morgan fingerprint density at radius 1 is 1.00 bits per heavy atom. The SMILES string of the molecule is Cc1cc(-c2[nH]c3ccc(C4CCN(C(=O)CN5CCCCC5)CC4)cc3c2C(C)C)cc(C)n1. The molecule has 0 atom stereocenters. The van der Waals surface area contributed by atoms with Crippen molar-refractivity contribution < 1.29 is 4.79 Å². The first-order chi connectivity index (χ1) is 16.9. The maximum Gasteiger partial charge on any atom is 0.236 e. The van der Waals surface area contributed by atoms with Crippen LogP contribution in [-0.4, -0.2) is 58.4 Å². The largest absolute Gasteiger partial charge is 0.354 e. The number of likely N-dealkylation sites (tertiary alicyclic amines) is 2. The third kappa shape index (κ3) is 5.16. The minimum Gasteiger partial charge on any atom is -0.354 e. The van der Waals surface area contributed by atoms with Crippen LogP contribution in [-0.2, 0) is 4.79 Å². The maximum atomic E-state index is 12.9. The second kappa shape index (κ2) is 10.1. The van der Waals surface area contributed by atoms with Crippen LogP contribution in [0.2, 0.25) is 0 Å². The summed E-state index contributed by atoms with van der Waals surface area (Å²) in [6, 6.07) is 11.3. The number of amides is 1. The number of benzene rings is 1. The van der Waals surface area contributed by atoms with Crippen molar-refractivity contribution in [2.75, 3.05) is 32.7 Å². The molecular formula is C30H40N4O. The fourth-order valence-corrected chi connectivity index (χ4v) is 6.16. The van der Waals surface area contributed by atoms with Crippen molar-refractivity contribution >= 4 is 16.8 Å².